The van der Waals surface area contributed by atoms with Crippen molar-refractivity contribution in [1.29, 1.82) is 0 Å². The highest BCUT2D eigenvalue weighted by Gasteiger charge is 2.17. The van der Waals surface area contributed by atoms with Crippen LogP contribution in [0, 0.1) is 0 Å². The van der Waals surface area contributed by atoms with Gasteiger partial charge in [-0.2, -0.15) is 0 Å². The highest BCUT2D eigenvalue weighted by molar-refractivity contribution is 5.33. The van der Waals surface area contributed by atoms with Gasteiger partial charge in [-0.25, -0.2) is 10.8 Å². The second-order valence-corrected chi connectivity index (χ2v) is 4.49. The van der Waals surface area contributed by atoms with Crippen LogP contribution in [0.25, 0.3) is 0 Å². The molecule has 2 rings (SSSR count). The minimum Gasteiger partial charge on any atom is -0.377 e. The van der Waals surface area contributed by atoms with Gasteiger partial charge in [0.1, 0.15) is 5.82 Å². The fraction of sp³-hybridized carbons (Fsp3) is 0.583. The molecule has 94 valence electrons. The second kappa shape index (κ2) is 5.95. The first-order chi connectivity index (χ1) is 8.28. The van der Waals surface area contributed by atoms with Crippen LogP contribution in [-0.2, 0) is 11.3 Å². The van der Waals surface area contributed by atoms with Gasteiger partial charge in [0.15, 0.2) is 0 Å². The summed E-state index contributed by atoms with van der Waals surface area (Å²) >= 11 is 0. The molecule has 1 aliphatic rings. The molecule has 0 saturated carbocycles. The molecule has 5 heteroatoms. The Hall–Kier alpha value is -1.17. The molecule has 1 aromatic rings. The van der Waals surface area contributed by atoms with Crippen LogP contribution in [0.15, 0.2) is 18.2 Å². The highest BCUT2D eigenvalue weighted by atomic mass is 16.5. The number of ether oxygens (including phenoxy) is 1. The van der Waals surface area contributed by atoms with Crippen LogP contribution in [0.1, 0.15) is 18.5 Å². The third-order valence-corrected chi connectivity index (χ3v) is 2.93. The number of nitrogens with zero attached hydrogens (tertiary/aromatic N) is 2. The summed E-state index contributed by atoms with van der Waals surface area (Å²) in [6.07, 6.45) is 2.74. The number of pyridine rings is 1. The number of anilines is 1. The highest BCUT2D eigenvalue weighted by Crippen LogP contribution is 2.14. The molecule has 2 heterocycles. The van der Waals surface area contributed by atoms with E-state index in [4.69, 9.17) is 10.6 Å². The Labute approximate surface area is 102 Å². The van der Waals surface area contributed by atoms with Crippen molar-refractivity contribution in [3.63, 3.8) is 0 Å². The van der Waals surface area contributed by atoms with Crippen LogP contribution in [-0.4, -0.2) is 36.2 Å². The number of hydrogen-bond donors (Lipinski definition) is 2. The van der Waals surface area contributed by atoms with E-state index in [-0.39, 0.29) is 0 Å². The Morgan fingerprint density at radius 2 is 2.47 bits per heavy atom. The van der Waals surface area contributed by atoms with Crippen molar-refractivity contribution < 1.29 is 4.74 Å². The van der Waals surface area contributed by atoms with E-state index >= 15 is 0 Å². The van der Waals surface area contributed by atoms with E-state index in [1.54, 1.807) is 0 Å². The van der Waals surface area contributed by atoms with Crippen molar-refractivity contribution in [2.24, 2.45) is 5.84 Å². The average Bonchev–Trinajstić information content (AvgIpc) is 2.82. The zero-order chi connectivity index (χ0) is 12.1. The fourth-order valence-corrected chi connectivity index (χ4v) is 2.13. The summed E-state index contributed by atoms with van der Waals surface area (Å²) in [5, 5.41) is 0. The Bertz CT molecular complexity index is 352. The zero-order valence-electron chi connectivity index (χ0n) is 10.2. The summed E-state index contributed by atoms with van der Waals surface area (Å²) < 4.78 is 5.61. The van der Waals surface area contributed by atoms with Crippen molar-refractivity contribution in [3.8, 4) is 0 Å². The Kier molecular flexibility index (Phi) is 4.30. The predicted octanol–water partition coefficient (Wildman–Crippen LogP) is 0.978. The molecule has 1 aromatic heterocycles. The maximum Gasteiger partial charge on any atom is 0.140 e. The van der Waals surface area contributed by atoms with Gasteiger partial charge < -0.3 is 10.2 Å². The summed E-state index contributed by atoms with van der Waals surface area (Å²) in [6, 6.07) is 5.81. The van der Waals surface area contributed by atoms with E-state index in [0.717, 1.165) is 25.4 Å². The molecule has 1 aliphatic heterocycles. The lowest BCUT2D eigenvalue weighted by molar-refractivity contribution is 0.0790. The van der Waals surface area contributed by atoms with Crippen LogP contribution < -0.4 is 11.3 Å². The van der Waals surface area contributed by atoms with Gasteiger partial charge in [0.05, 0.1) is 11.8 Å². The number of hydrazine groups is 1. The number of rotatable bonds is 5. The Morgan fingerprint density at radius 1 is 1.59 bits per heavy atom. The number of nitrogens with one attached hydrogen (secondary N) is 1. The third-order valence-electron chi connectivity index (χ3n) is 2.93. The van der Waals surface area contributed by atoms with Gasteiger partial charge in [-0.15, -0.1) is 0 Å². The minimum absolute atomic E-state index is 0.385. The van der Waals surface area contributed by atoms with Crippen molar-refractivity contribution in [2.45, 2.75) is 25.5 Å². The first-order valence-corrected chi connectivity index (χ1v) is 6.00. The van der Waals surface area contributed by atoms with Crippen LogP contribution in [0.2, 0.25) is 0 Å². The topological polar surface area (TPSA) is 63.4 Å². The maximum atomic E-state index is 5.61. The first-order valence-electron chi connectivity index (χ1n) is 6.00. The molecule has 0 bridgehead atoms. The van der Waals surface area contributed by atoms with Gasteiger partial charge in [-0.1, -0.05) is 6.07 Å². The van der Waals surface area contributed by atoms with Crippen LogP contribution in [0.4, 0.5) is 5.82 Å². The Morgan fingerprint density at radius 3 is 3.18 bits per heavy atom. The monoisotopic (exact) mass is 236 g/mol. The molecule has 1 fully saturated rings. The molecule has 1 unspecified atom stereocenters. The van der Waals surface area contributed by atoms with Crippen LogP contribution in [0.3, 0.4) is 0 Å². The van der Waals surface area contributed by atoms with Gasteiger partial charge in [0, 0.05) is 19.7 Å². The van der Waals surface area contributed by atoms with Gasteiger partial charge >= 0.3 is 0 Å². The van der Waals surface area contributed by atoms with E-state index in [9.17, 15) is 0 Å². The smallest absolute Gasteiger partial charge is 0.140 e. The van der Waals surface area contributed by atoms with E-state index in [1.807, 2.05) is 18.2 Å². The number of nitrogen functional groups attached to an aromatic ring is 1. The number of likely N-dealkylation sites (N-methyl/N-ethyl adjacent to an activating group) is 1. The molecule has 0 aliphatic carbocycles. The van der Waals surface area contributed by atoms with Gasteiger partial charge in [0.2, 0.25) is 0 Å². The summed E-state index contributed by atoms with van der Waals surface area (Å²) in [6.45, 7) is 2.68. The van der Waals surface area contributed by atoms with Crippen molar-refractivity contribution in [2.75, 3.05) is 25.6 Å². The summed E-state index contributed by atoms with van der Waals surface area (Å²) in [5.41, 5.74) is 3.57. The zero-order valence-corrected chi connectivity index (χ0v) is 10.2. The van der Waals surface area contributed by atoms with E-state index < -0.39 is 0 Å². The summed E-state index contributed by atoms with van der Waals surface area (Å²) in [7, 11) is 2.09. The molecule has 17 heavy (non-hydrogen) atoms. The first kappa shape index (κ1) is 12.3. The van der Waals surface area contributed by atoms with E-state index in [1.165, 1.54) is 12.8 Å². The molecule has 3 N–H and O–H groups in total. The normalized spacial score (nSPS) is 19.8. The number of aromatic nitrogens is 1. The molecular weight excluding hydrogens is 216 g/mol. The maximum absolute atomic E-state index is 5.61. The molecule has 1 saturated heterocycles. The molecule has 5 nitrogen and oxygen atoms in total. The lowest BCUT2D eigenvalue weighted by Gasteiger charge is -2.20. The predicted molar refractivity (Wildman–Crippen MR) is 67.4 cm³/mol. The number of nitrogens with two attached hydrogens (primary N) is 1. The largest absolute Gasteiger partial charge is 0.377 e. The molecule has 0 radical (unpaired) electrons. The van der Waals surface area contributed by atoms with Crippen LogP contribution in [0.5, 0.6) is 0 Å². The molecular formula is C12H20N4O. The fourth-order valence-electron chi connectivity index (χ4n) is 2.13. The third kappa shape index (κ3) is 3.66. The van der Waals surface area contributed by atoms with Crippen molar-refractivity contribution >= 4 is 5.82 Å². The van der Waals surface area contributed by atoms with E-state index in [0.29, 0.717) is 11.9 Å². The van der Waals surface area contributed by atoms with Gasteiger partial charge in [-0.3, -0.25) is 4.90 Å². The average molecular weight is 236 g/mol. The van der Waals surface area contributed by atoms with Crippen LogP contribution >= 0.6 is 0 Å². The molecule has 0 spiro atoms. The van der Waals surface area contributed by atoms with Crippen molar-refractivity contribution in [1.82, 2.24) is 9.88 Å². The second-order valence-electron chi connectivity index (χ2n) is 4.49. The quantitative estimate of drug-likeness (QED) is 0.589. The Balaban J connectivity index is 1.85. The standard InChI is InChI=1S/C12H20N4O/c1-16(9-11-5-3-7-17-11)8-10-4-2-6-12(14-10)15-13/h2,4,6,11H,3,5,7-9,13H2,1H3,(H,14,15). The summed E-state index contributed by atoms with van der Waals surface area (Å²) in [4.78, 5) is 6.62. The molecule has 1 atom stereocenters. The summed E-state index contributed by atoms with van der Waals surface area (Å²) in [5.74, 6) is 6.04. The van der Waals surface area contributed by atoms with Gasteiger partial charge in [0.25, 0.3) is 0 Å². The SMILES string of the molecule is CN(Cc1cccc(NN)n1)CC1CCCO1. The van der Waals surface area contributed by atoms with Crippen molar-refractivity contribution in [3.05, 3.63) is 23.9 Å². The number of hydrogen-bond acceptors (Lipinski definition) is 5. The minimum atomic E-state index is 0.385. The van der Waals surface area contributed by atoms with E-state index in [2.05, 4.69) is 22.4 Å². The lowest BCUT2D eigenvalue weighted by atomic mass is 10.2. The molecule has 0 aromatic carbocycles. The van der Waals surface area contributed by atoms with Gasteiger partial charge in [-0.05, 0) is 32.0 Å². The molecule has 0 amide bonds. The lowest BCUT2D eigenvalue weighted by Crippen LogP contribution is -2.28.